The van der Waals surface area contributed by atoms with Crippen molar-refractivity contribution in [2.45, 2.75) is 13.5 Å². The molecule has 0 aliphatic rings. The zero-order chi connectivity index (χ0) is 17.0. The molecule has 0 unspecified atom stereocenters. The molecule has 0 saturated heterocycles. The van der Waals surface area contributed by atoms with E-state index >= 15 is 0 Å². The highest BCUT2D eigenvalue weighted by molar-refractivity contribution is 6.36. The number of nitriles is 1. The summed E-state index contributed by atoms with van der Waals surface area (Å²) in [5.41, 5.74) is 1.05. The molecule has 0 saturated carbocycles. The first kappa shape index (κ1) is 17.2. The summed E-state index contributed by atoms with van der Waals surface area (Å²) in [5, 5.41) is 19.6. The Morgan fingerprint density at radius 1 is 1.39 bits per heavy atom. The van der Waals surface area contributed by atoms with Crippen molar-refractivity contribution in [1.82, 2.24) is 4.98 Å². The van der Waals surface area contributed by atoms with Gasteiger partial charge in [-0.05, 0) is 36.8 Å². The summed E-state index contributed by atoms with van der Waals surface area (Å²) < 4.78 is 4.92. The van der Waals surface area contributed by atoms with E-state index in [4.69, 9.17) is 27.9 Å². The lowest BCUT2D eigenvalue weighted by atomic mass is 10.0. The number of rotatable bonds is 4. The standard InChI is InChI=1S/C16H12Cl2N2O3/c1-2-23-16(22)14-5-9(8-21)12(7-19)15(20-14)11-4-3-10(17)6-13(11)18/h3-6,21H,2,8H2,1H3. The number of nitrogens with zero attached hydrogens (tertiary/aromatic N) is 2. The number of hydrogen-bond acceptors (Lipinski definition) is 5. The van der Waals surface area contributed by atoms with Gasteiger partial charge in [0.1, 0.15) is 11.8 Å². The van der Waals surface area contributed by atoms with Gasteiger partial charge in [-0.1, -0.05) is 23.2 Å². The van der Waals surface area contributed by atoms with Crippen LogP contribution in [0.4, 0.5) is 0 Å². The molecule has 0 amide bonds. The molecule has 2 aromatic rings. The highest BCUT2D eigenvalue weighted by Crippen LogP contribution is 2.32. The summed E-state index contributed by atoms with van der Waals surface area (Å²) in [5.74, 6) is -0.641. The number of pyridine rings is 1. The molecule has 0 spiro atoms. The van der Waals surface area contributed by atoms with Crippen LogP contribution in [0.3, 0.4) is 0 Å². The lowest BCUT2D eigenvalue weighted by Crippen LogP contribution is -2.10. The summed E-state index contributed by atoms with van der Waals surface area (Å²) >= 11 is 12.0. The van der Waals surface area contributed by atoms with Crippen LogP contribution >= 0.6 is 23.2 Å². The van der Waals surface area contributed by atoms with Crippen molar-refractivity contribution in [2.75, 3.05) is 6.61 Å². The van der Waals surface area contributed by atoms with Crippen molar-refractivity contribution in [3.63, 3.8) is 0 Å². The molecule has 1 aromatic heterocycles. The van der Waals surface area contributed by atoms with Gasteiger partial charge in [-0.15, -0.1) is 0 Å². The maximum atomic E-state index is 11.9. The molecule has 0 fully saturated rings. The van der Waals surface area contributed by atoms with Gasteiger partial charge in [-0.2, -0.15) is 5.26 Å². The van der Waals surface area contributed by atoms with Crippen LogP contribution in [-0.2, 0) is 11.3 Å². The largest absolute Gasteiger partial charge is 0.461 e. The van der Waals surface area contributed by atoms with E-state index < -0.39 is 12.6 Å². The fourth-order valence-corrected chi connectivity index (χ4v) is 2.53. The van der Waals surface area contributed by atoms with Gasteiger partial charge >= 0.3 is 5.97 Å². The molecule has 23 heavy (non-hydrogen) atoms. The van der Waals surface area contributed by atoms with Crippen molar-refractivity contribution >= 4 is 29.2 Å². The van der Waals surface area contributed by atoms with Crippen molar-refractivity contribution in [2.24, 2.45) is 0 Å². The number of benzene rings is 1. The van der Waals surface area contributed by atoms with E-state index in [1.165, 1.54) is 12.1 Å². The number of ether oxygens (including phenoxy) is 1. The van der Waals surface area contributed by atoms with Crippen LogP contribution in [0.15, 0.2) is 24.3 Å². The average molecular weight is 351 g/mol. The Bertz CT molecular complexity index is 801. The fourth-order valence-electron chi connectivity index (χ4n) is 2.03. The third-order valence-electron chi connectivity index (χ3n) is 3.05. The third kappa shape index (κ3) is 3.62. The average Bonchev–Trinajstić information content (AvgIpc) is 2.53. The predicted octanol–water partition coefficient (Wildman–Crippen LogP) is 3.60. The van der Waals surface area contributed by atoms with Crippen molar-refractivity contribution in [3.8, 4) is 17.3 Å². The number of aliphatic hydroxyl groups excluding tert-OH is 1. The monoisotopic (exact) mass is 350 g/mol. The Balaban J connectivity index is 2.72. The first-order valence-electron chi connectivity index (χ1n) is 6.69. The number of carbonyl (C=O) groups excluding carboxylic acids is 1. The molecule has 5 nitrogen and oxygen atoms in total. The van der Waals surface area contributed by atoms with Gasteiger partial charge in [0.2, 0.25) is 0 Å². The molecule has 7 heteroatoms. The van der Waals surface area contributed by atoms with Crippen molar-refractivity contribution in [1.29, 1.82) is 5.26 Å². The van der Waals surface area contributed by atoms with E-state index in [9.17, 15) is 15.2 Å². The molecule has 2 rings (SSSR count). The van der Waals surface area contributed by atoms with Gasteiger partial charge in [-0.3, -0.25) is 0 Å². The van der Waals surface area contributed by atoms with Gasteiger partial charge < -0.3 is 9.84 Å². The first-order valence-corrected chi connectivity index (χ1v) is 7.44. The first-order chi connectivity index (χ1) is 11.0. The minimum absolute atomic E-state index is 0.00378. The molecule has 118 valence electrons. The number of aliphatic hydroxyl groups is 1. The third-order valence-corrected chi connectivity index (χ3v) is 3.60. The molecule has 1 heterocycles. The number of aromatic nitrogens is 1. The molecule has 1 N–H and O–H groups in total. The van der Waals surface area contributed by atoms with Crippen LogP contribution in [0.5, 0.6) is 0 Å². The molecular formula is C16H12Cl2N2O3. The van der Waals surface area contributed by atoms with Crippen molar-refractivity contribution in [3.05, 3.63) is 51.1 Å². The van der Waals surface area contributed by atoms with Gasteiger partial charge in [0.25, 0.3) is 0 Å². The number of halogens is 2. The van der Waals surface area contributed by atoms with Crippen LogP contribution in [0.1, 0.15) is 28.5 Å². The van der Waals surface area contributed by atoms with E-state index in [-0.39, 0.29) is 34.1 Å². The van der Waals surface area contributed by atoms with Crippen LogP contribution < -0.4 is 0 Å². The van der Waals surface area contributed by atoms with Gasteiger partial charge in [0, 0.05) is 10.6 Å². The maximum absolute atomic E-state index is 11.9. The second-order valence-corrected chi connectivity index (χ2v) is 5.35. The number of carbonyl (C=O) groups is 1. The van der Waals surface area contributed by atoms with Crippen molar-refractivity contribution < 1.29 is 14.6 Å². The van der Waals surface area contributed by atoms with E-state index in [2.05, 4.69) is 4.98 Å². The second kappa shape index (κ2) is 7.42. The SMILES string of the molecule is CCOC(=O)c1cc(CO)c(C#N)c(-c2ccc(Cl)cc2Cl)n1. The van der Waals surface area contributed by atoms with Gasteiger partial charge in [-0.25, -0.2) is 9.78 Å². The Kier molecular flexibility index (Phi) is 5.56. The van der Waals surface area contributed by atoms with E-state index in [1.54, 1.807) is 19.1 Å². The minimum Gasteiger partial charge on any atom is -0.461 e. The lowest BCUT2D eigenvalue weighted by Gasteiger charge is -2.12. The van der Waals surface area contributed by atoms with E-state index in [1.807, 2.05) is 6.07 Å². The Hall–Kier alpha value is -2.13. The zero-order valence-electron chi connectivity index (χ0n) is 12.1. The topological polar surface area (TPSA) is 83.2 Å². The summed E-state index contributed by atoms with van der Waals surface area (Å²) in [6.07, 6.45) is 0. The van der Waals surface area contributed by atoms with Crippen LogP contribution in [0, 0.1) is 11.3 Å². The van der Waals surface area contributed by atoms with Crippen LogP contribution in [0.2, 0.25) is 10.0 Å². The molecular weight excluding hydrogens is 339 g/mol. The zero-order valence-corrected chi connectivity index (χ0v) is 13.6. The summed E-state index contributed by atoms with van der Waals surface area (Å²) in [7, 11) is 0. The second-order valence-electron chi connectivity index (χ2n) is 4.50. The van der Waals surface area contributed by atoms with Crippen LogP contribution in [-0.4, -0.2) is 22.7 Å². The summed E-state index contributed by atoms with van der Waals surface area (Å²) in [6, 6.07) is 8.03. The Morgan fingerprint density at radius 3 is 2.70 bits per heavy atom. The molecule has 1 aromatic carbocycles. The Morgan fingerprint density at radius 2 is 2.13 bits per heavy atom. The smallest absolute Gasteiger partial charge is 0.356 e. The summed E-state index contributed by atoms with van der Waals surface area (Å²) in [6.45, 7) is 1.44. The molecule has 0 atom stereocenters. The molecule has 0 bridgehead atoms. The predicted molar refractivity (Wildman–Crippen MR) is 86.3 cm³/mol. The molecule has 0 aliphatic carbocycles. The van der Waals surface area contributed by atoms with Crippen LogP contribution in [0.25, 0.3) is 11.3 Å². The van der Waals surface area contributed by atoms with E-state index in [0.717, 1.165) is 0 Å². The molecule has 0 radical (unpaired) electrons. The highest BCUT2D eigenvalue weighted by atomic mass is 35.5. The minimum atomic E-state index is -0.641. The molecule has 0 aliphatic heterocycles. The highest BCUT2D eigenvalue weighted by Gasteiger charge is 2.19. The summed E-state index contributed by atoms with van der Waals surface area (Å²) in [4.78, 5) is 16.1. The quantitative estimate of drug-likeness (QED) is 0.851. The normalized spacial score (nSPS) is 10.2. The maximum Gasteiger partial charge on any atom is 0.356 e. The van der Waals surface area contributed by atoms with E-state index in [0.29, 0.717) is 10.6 Å². The van der Waals surface area contributed by atoms with Gasteiger partial charge in [0.15, 0.2) is 0 Å². The lowest BCUT2D eigenvalue weighted by molar-refractivity contribution is 0.0519. The number of hydrogen-bond donors (Lipinski definition) is 1. The number of esters is 1. The van der Waals surface area contributed by atoms with Gasteiger partial charge in [0.05, 0.1) is 29.5 Å². The Labute approximate surface area is 143 Å². The fraction of sp³-hybridized carbons (Fsp3) is 0.188.